The fraction of sp³-hybridized carbons (Fsp3) is 0.312. The van der Waals surface area contributed by atoms with Crippen molar-refractivity contribution in [1.82, 2.24) is 5.32 Å². The van der Waals surface area contributed by atoms with Crippen LogP contribution in [0.5, 0.6) is 0 Å². The molecule has 0 saturated heterocycles. The zero-order valence-corrected chi connectivity index (χ0v) is 14.6. The van der Waals surface area contributed by atoms with E-state index in [1.165, 1.54) is 0 Å². The molecule has 2 N–H and O–H groups in total. The lowest BCUT2D eigenvalue weighted by Crippen LogP contribution is -2.23. The van der Waals surface area contributed by atoms with Crippen LogP contribution in [0.3, 0.4) is 0 Å². The number of halogens is 1. The van der Waals surface area contributed by atoms with Crippen LogP contribution in [0, 0.1) is 6.92 Å². The molecule has 3 nitrogen and oxygen atoms in total. The predicted octanol–water partition coefficient (Wildman–Crippen LogP) is 4.57. The minimum Gasteiger partial charge on any atom is -0.385 e. The molecule has 0 saturated carbocycles. The van der Waals surface area contributed by atoms with E-state index in [0.29, 0.717) is 6.54 Å². The Bertz CT molecular complexity index is 624. The van der Waals surface area contributed by atoms with E-state index in [0.717, 1.165) is 39.1 Å². The maximum absolute atomic E-state index is 12.3. The van der Waals surface area contributed by atoms with E-state index in [2.05, 4.69) is 33.5 Å². The van der Waals surface area contributed by atoms with E-state index >= 15 is 0 Å². The van der Waals surface area contributed by atoms with Crippen LogP contribution in [-0.4, -0.2) is 12.5 Å². The minimum absolute atomic E-state index is 0.0326. The van der Waals surface area contributed by atoms with Gasteiger partial charge in [-0.25, -0.2) is 0 Å². The molecule has 2 rings (SSSR count). The summed E-state index contributed by atoms with van der Waals surface area (Å²) in [6, 6.07) is 7.85. The van der Waals surface area contributed by atoms with Crippen molar-refractivity contribution in [3.63, 3.8) is 0 Å². The maximum Gasteiger partial charge on any atom is 0.251 e. The number of rotatable bonds is 6. The fourth-order valence-electron chi connectivity index (χ4n) is 2.00. The average molecular weight is 367 g/mol. The number of hydrogen-bond acceptors (Lipinski definition) is 3. The van der Waals surface area contributed by atoms with Gasteiger partial charge in [0.1, 0.15) is 0 Å². The summed E-state index contributed by atoms with van der Waals surface area (Å²) in [6.07, 6.45) is 1.08. The van der Waals surface area contributed by atoms with Gasteiger partial charge in [-0.05, 0) is 64.5 Å². The van der Waals surface area contributed by atoms with Crippen molar-refractivity contribution in [2.45, 2.75) is 26.8 Å². The average Bonchev–Trinajstić information content (AvgIpc) is 2.88. The smallest absolute Gasteiger partial charge is 0.251 e. The van der Waals surface area contributed by atoms with Crippen LogP contribution in [0.4, 0.5) is 5.69 Å². The number of amides is 1. The van der Waals surface area contributed by atoms with Crippen molar-refractivity contribution in [2.24, 2.45) is 0 Å². The van der Waals surface area contributed by atoms with Crippen molar-refractivity contribution >= 4 is 38.9 Å². The molecule has 0 atom stereocenters. The molecule has 5 heteroatoms. The SMILES string of the molecule is CCCNc1ccc(C(=O)NCc2sccc2Br)c(C)c1. The first-order valence-corrected chi connectivity index (χ1v) is 8.63. The quantitative estimate of drug-likeness (QED) is 0.785. The summed E-state index contributed by atoms with van der Waals surface area (Å²) >= 11 is 5.10. The zero-order chi connectivity index (χ0) is 15.2. The van der Waals surface area contributed by atoms with E-state index in [-0.39, 0.29) is 5.91 Å². The van der Waals surface area contributed by atoms with E-state index in [1.807, 2.05) is 36.6 Å². The molecule has 0 aliphatic heterocycles. The van der Waals surface area contributed by atoms with Gasteiger partial charge in [0.05, 0.1) is 6.54 Å². The van der Waals surface area contributed by atoms with Gasteiger partial charge in [0, 0.05) is 27.1 Å². The molecule has 1 aromatic carbocycles. The first-order chi connectivity index (χ1) is 10.1. The molecule has 0 unspecified atom stereocenters. The molecule has 0 aliphatic carbocycles. The predicted molar refractivity (Wildman–Crippen MR) is 93.1 cm³/mol. The highest BCUT2D eigenvalue weighted by atomic mass is 79.9. The van der Waals surface area contributed by atoms with Crippen molar-refractivity contribution in [2.75, 3.05) is 11.9 Å². The standard InChI is InChI=1S/C16H19BrN2OS/c1-3-7-18-12-4-5-13(11(2)9-12)16(20)19-10-15-14(17)6-8-21-15/h4-6,8-9,18H,3,7,10H2,1-2H3,(H,19,20). The van der Waals surface area contributed by atoms with Crippen LogP contribution < -0.4 is 10.6 Å². The molecule has 1 heterocycles. The summed E-state index contributed by atoms with van der Waals surface area (Å²) in [4.78, 5) is 13.4. The third-order valence-electron chi connectivity index (χ3n) is 3.15. The lowest BCUT2D eigenvalue weighted by atomic mass is 10.1. The zero-order valence-electron chi connectivity index (χ0n) is 12.2. The second kappa shape index (κ2) is 7.61. The number of anilines is 1. The number of carbonyl (C=O) groups is 1. The third kappa shape index (κ3) is 4.32. The molecule has 0 spiro atoms. The lowest BCUT2D eigenvalue weighted by Gasteiger charge is -2.10. The number of aryl methyl sites for hydroxylation is 1. The van der Waals surface area contributed by atoms with Crippen molar-refractivity contribution in [1.29, 1.82) is 0 Å². The van der Waals surface area contributed by atoms with E-state index < -0.39 is 0 Å². The number of thiophene rings is 1. The Hall–Kier alpha value is -1.33. The molecule has 0 radical (unpaired) electrons. The number of benzene rings is 1. The number of carbonyl (C=O) groups excluding carboxylic acids is 1. The molecule has 0 bridgehead atoms. The Morgan fingerprint density at radius 3 is 2.76 bits per heavy atom. The highest BCUT2D eigenvalue weighted by molar-refractivity contribution is 9.10. The van der Waals surface area contributed by atoms with Gasteiger partial charge in [-0.2, -0.15) is 0 Å². The third-order valence-corrected chi connectivity index (χ3v) is 5.08. The number of nitrogens with one attached hydrogen (secondary N) is 2. The molecular weight excluding hydrogens is 348 g/mol. The topological polar surface area (TPSA) is 41.1 Å². The molecule has 1 amide bonds. The van der Waals surface area contributed by atoms with Crippen LogP contribution in [0.1, 0.15) is 34.1 Å². The van der Waals surface area contributed by atoms with Crippen molar-refractivity contribution < 1.29 is 4.79 Å². The first-order valence-electron chi connectivity index (χ1n) is 6.96. The summed E-state index contributed by atoms with van der Waals surface area (Å²) < 4.78 is 1.05. The van der Waals surface area contributed by atoms with Crippen molar-refractivity contribution in [3.05, 3.63) is 50.1 Å². The van der Waals surface area contributed by atoms with Gasteiger partial charge in [0.2, 0.25) is 0 Å². The van der Waals surface area contributed by atoms with Gasteiger partial charge >= 0.3 is 0 Å². The molecule has 2 aromatic rings. The Balaban J connectivity index is 2.00. The van der Waals surface area contributed by atoms with Crippen molar-refractivity contribution in [3.8, 4) is 0 Å². The van der Waals surface area contributed by atoms with Crippen LogP contribution in [0.15, 0.2) is 34.1 Å². The second-order valence-corrected chi connectivity index (χ2v) is 6.69. The van der Waals surface area contributed by atoms with Crippen LogP contribution in [0.2, 0.25) is 0 Å². The molecule has 1 aromatic heterocycles. The summed E-state index contributed by atoms with van der Waals surface area (Å²) in [5, 5.41) is 8.30. The van der Waals surface area contributed by atoms with Gasteiger partial charge < -0.3 is 10.6 Å². The summed E-state index contributed by atoms with van der Waals surface area (Å²) in [5.41, 5.74) is 2.77. The summed E-state index contributed by atoms with van der Waals surface area (Å²) in [5.74, 6) is -0.0326. The van der Waals surface area contributed by atoms with E-state index in [1.54, 1.807) is 11.3 Å². The van der Waals surface area contributed by atoms with Gasteiger partial charge in [0.15, 0.2) is 0 Å². The van der Waals surface area contributed by atoms with Crippen LogP contribution in [-0.2, 0) is 6.54 Å². The Morgan fingerprint density at radius 1 is 1.33 bits per heavy atom. The lowest BCUT2D eigenvalue weighted by molar-refractivity contribution is 0.0950. The Kier molecular flexibility index (Phi) is 5.82. The molecule has 21 heavy (non-hydrogen) atoms. The van der Waals surface area contributed by atoms with E-state index in [4.69, 9.17) is 0 Å². The normalized spacial score (nSPS) is 10.4. The van der Waals surface area contributed by atoms with Gasteiger partial charge in [-0.3, -0.25) is 4.79 Å². The molecule has 0 aliphatic rings. The fourth-order valence-corrected chi connectivity index (χ4v) is 3.44. The second-order valence-electron chi connectivity index (χ2n) is 4.83. The monoisotopic (exact) mass is 366 g/mol. The van der Waals surface area contributed by atoms with Gasteiger partial charge in [-0.1, -0.05) is 6.92 Å². The maximum atomic E-state index is 12.3. The largest absolute Gasteiger partial charge is 0.385 e. The molecule has 0 fully saturated rings. The van der Waals surface area contributed by atoms with Crippen LogP contribution in [0.25, 0.3) is 0 Å². The molecular formula is C16H19BrN2OS. The Labute approximate surface area is 137 Å². The van der Waals surface area contributed by atoms with Gasteiger partial charge in [0.25, 0.3) is 5.91 Å². The summed E-state index contributed by atoms with van der Waals surface area (Å²) in [7, 11) is 0. The van der Waals surface area contributed by atoms with Crippen LogP contribution >= 0.6 is 27.3 Å². The van der Waals surface area contributed by atoms with Gasteiger partial charge in [-0.15, -0.1) is 11.3 Å². The molecule has 112 valence electrons. The Morgan fingerprint density at radius 2 is 2.14 bits per heavy atom. The number of hydrogen-bond donors (Lipinski definition) is 2. The highest BCUT2D eigenvalue weighted by Crippen LogP contribution is 2.22. The first kappa shape index (κ1) is 16.0. The highest BCUT2D eigenvalue weighted by Gasteiger charge is 2.10. The summed E-state index contributed by atoms with van der Waals surface area (Å²) in [6.45, 7) is 5.58. The minimum atomic E-state index is -0.0326. The van der Waals surface area contributed by atoms with E-state index in [9.17, 15) is 4.79 Å².